The van der Waals surface area contributed by atoms with E-state index in [0.29, 0.717) is 5.16 Å². The van der Waals surface area contributed by atoms with Crippen molar-refractivity contribution in [3.05, 3.63) is 52.4 Å². The summed E-state index contributed by atoms with van der Waals surface area (Å²) in [6.45, 7) is 2.04. The number of benzene rings is 1. The average molecular weight is 305 g/mol. The number of H-pyrrole nitrogens is 1. The maximum absolute atomic E-state index is 11.4. The molecule has 0 aliphatic carbocycles. The fraction of sp³-hybridized carbons (Fsp3) is 0.333. The summed E-state index contributed by atoms with van der Waals surface area (Å²) in [5, 5.41) is 0.565. The third-order valence-electron chi connectivity index (χ3n) is 3.17. The predicted molar refractivity (Wildman–Crippen MR) is 84.7 cm³/mol. The van der Waals surface area contributed by atoms with E-state index in [2.05, 4.69) is 9.97 Å². The van der Waals surface area contributed by atoms with Crippen LogP contribution < -0.4 is 16.0 Å². The molecule has 0 saturated heterocycles. The van der Waals surface area contributed by atoms with Crippen molar-refractivity contribution in [3.8, 4) is 5.75 Å². The smallest absolute Gasteiger partial charge is 0.251 e. The molecule has 0 fully saturated rings. The molecule has 0 amide bonds. The van der Waals surface area contributed by atoms with E-state index in [4.69, 9.17) is 10.5 Å². The molecule has 1 aromatic carbocycles. The lowest BCUT2D eigenvalue weighted by Crippen LogP contribution is -2.26. The van der Waals surface area contributed by atoms with Gasteiger partial charge in [0, 0.05) is 18.3 Å². The van der Waals surface area contributed by atoms with Gasteiger partial charge in [0.05, 0.1) is 12.4 Å². The van der Waals surface area contributed by atoms with Gasteiger partial charge in [-0.05, 0) is 24.1 Å². The van der Waals surface area contributed by atoms with Gasteiger partial charge in [0.15, 0.2) is 5.16 Å². The molecule has 3 N–H and O–H groups in total. The van der Waals surface area contributed by atoms with Gasteiger partial charge in [-0.3, -0.25) is 4.79 Å². The maximum atomic E-state index is 11.4. The Balaban J connectivity index is 2.31. The van der Waals surface area contributed by atoms with E-state index in [-0.39, 0.29) is 16.9 Å². The summed E-state index contributed by atoms with van der Waals surface area (Å²) in [6, 6.07) is 9.15. The minimum Gasteiger partial charge on any atom is -0.497 e. The van der Waals surface area contributed by atoms with E-state index < -0.39 is 0 Å². The number of thioether (sulfide) groups is 1. The van der Waals surface area contributed by atoms with Crippen molar-refractivity contribution < 1.29 is 4.74 Å². The second kappa shape index (κ2) is 7.28. The zero-order chi connectivity index (χ0) is 15.2. The van der Waals surface area contributed by atoms with Crippen LogP contribution in [0.15, 0.2) is 46.5 Å². The van der Waals surface area contributed by atoms with Crippen molar-refractivity contribution >= 4 is 11.8 Å². The first-order chi connectivity index (χ1) is 10.1. The molecule has 2 atom stereocenters. The van der Waals surface area contributed by atoms with E-state index in [1.807, 2.05) is 31.2 Å². The Hall–Kier alpha value is -1.79. The van der Waals surface area contributed by atoms with Gasteiger partial charge in [-0.2, -0.15) is 0 Å². The highest BCUT2D eigenvalue weighted by molar-refractivity contribution is 7.99. The van der Waals surface area contributed by atoms with E-state index in [0.717, 1.165) is 17.7 Å². The number of nitrogens with zero attached hydrogens (tertiary/aromatic N) is 1. The largest absolute Gasteiger partial charge is 0.497 e. The van der Waals surface area contributed by atoms with Crippen LogP contribution in [0.4, 0.5) is 0 Å². The van der Waals surface area contributed by atoms with Crippen molar-refractivity contribution in [1.82, 2.24) is 9.97 Å². The highest BCUT2D eigenvalue weighted by Crippen LogP contribution is 2.37. The van der Waals surface area contributed by atoms with Crippen molar-refractivity contribution in [3.63, 3.8) is 0 Å². The molecule has 0 bridgehead atoms. The Morgan fingerprint density at radius 1 is 1.43 bits per heavy atom. The number of ether oxygens (including phenoxy) is 1. The van der Waals surface area contributed by atoms with Crippen LogP contribution in [-0.4, -0.2) is 23.1 Å². The molecule has 0 radical (unpaired) electrons. The van der Waals surface area contributed by atoms with Gasteiger partial charge in [0.25, 0.3) is 5.56 Å². The molecule has 6 heteroatoms. The lowest BCUT2D eigenvalue weighted by atomic mass is 10.0. The highest BCUT2D eigenvalue weighted by atomic mass is 32.2. The molecular formula is C15H19N3O2S. The Bertz CT molecular complexity index is 645. The summed E-state index contributed by atoms with van der Waals surface area (Å²) >= 11 is 1.46. The van der Waals surface area contributed by atoms with Crippen LogP contribution in [0.2, 0.25) is 0 Å². The van der Waals surface area contributed by atoms with Crippen molar-refractivity contribution in [2.24, 2.45) is 5.73 Å². The normalized spacial score (nSPS) is 13.7. The zero-order valence-electron chi connectivity index (χ0n) is 12.1. The third kappa shape index (κ3) is 4.09. The number of hydrogen-bond acceptors (Lipinski definition) is 5. The number of rotatable bonds is 6. The molecule has 1 aromatic heterocycles. The maximum Gasteiger partial charge on any atom is 0.251 e. The molecular weight excluding hydrogens is 286 g/mol. The first-order valence-corrected chi connectivity index (χ1v) is 7.63. The Morgan fingerprint density at radius 3 is 2.90 bits per heavy atom. The minimum atomic E-state index is -0.165. The molecule has 21 heavy (non-hydrogen) atoms. The number of aromatic amines is 1. The second-order valence-electron chi connectivity index (χ2n) is 4.63. The minimum absolute atomic E-state index is 0.00403. The van der Waals surface area contributed by atoms with Gasteiger partial charge >= 0.3 is 0 Å². The fourth-order valence-corrected chi connectivity index (χ4v) is 3.14. The number of hydrogen-bond donors (Lipinski definition) is 2. The summed E-state index contributed by atoms with van der Waals surface area (Å²) < 4.78 is 5.26. The van der Waals surface area contributed by atoms with Crippen LogP contribution >= 0.6 is 11.8 Å². The van der Waals surface area contributed by atoms with Gasteiger partial charge in [0.2, 0.25) is 0 Å². The molecule has 2 aromatic rings. The molecule has 2 unspecified atom stereocenters. The summed E-state index contributed by atoms with van der Waals surface area (Å²) in [6.07, 6.45) is 2.33. The summed E-state index contributed by atoms with van der Waals surface area (Å²) in [7, 11) is 1.64. The van der Waals surface area contributed by atoms with E-state index in [9.17, 15) is 4.79 Å². The molecule has 0 aliphatic heterocycles. The molecule has 2 rings (SSSR count). The van der Waals surface area contributed by atoms with E-state index in [1.54, 1.807) is 7.11 Å². The number of nitrogens with one attached hydrogen (secondary N) is 1. The molecule has 5 nitrogen and oxygen atoms in total. The van der Waals surface area contributed by atoms with E-state index in [1.165, 1.54) is 24.0 Å². The number of nitrogens with two attached hydrogens (primary N) is 1. The topological polar surface area (TPSA) is 81.0 Å². The van der Waals surface area contributed by atoms with Gasteiger partial charge in [0.1, 0.15) is 5.75 Å². The molecule has 0 saturated carbocycles. The number of methoxy groups -OCH3 is 1. The average Bonchev–Trinajstić information content (AvgIpc) is 2.52. The SMILES string of the molecule is CCC(N)C(Sc1nccc(=O)[nH]1)c1cccc(OC)c1. The lowest BCUT2D eigenvalue weighted by Gasteiger charge is -2.22. The Morgan fingerprint density at radius 2 is 2.24 bits per heavy atom. The second-order valence-corrected chi connectivity index (χ2v) is 5.76. The fourth-order valence-electron chi connectivity index (χ4n) is 1.97. The lowest BCUT2D eigenvalue weighted by molar-refractivity contribution is 0.414. The quantitative estimate of drug-likeness (QED) is 0.632. The van der Waals surface area contributed by atoms with E-state index >= 15 is 0 Å². The van der Waals surface area contributed by atoms with Crippen molar-refractivity contribution in [1.29, 1.82) is 0 Å². The van der Waals surface area contributed by atoms with Crippen LogP contribution in [0.3, 0.4) is 0 Å². The van der Waals surface area contributed by atoms with Crippen LogP contribution in [0.5, 0.6) is 5.75 Å². The first-order valence-electron chi connectivity index (χ1n) is 6.75. The first kappa shape index (κ1) is 15.6. The summed E-state index contributed by atoms with van der Waals surface area (Å²) in [5.74, 6) is 0.788. The van der Waals surface area contributed by atoms with Crippen LogP contribution in [0, 0.1) is 0 Å². The van der Waals surface area contributed by atoms with Crippen LogP contribution in [-0.2, 0) is 0 Å². The Kier molecular flexibility index (Phi) is 5.41. The van der Waals surface area contributed by atoms with Crippen LogP contribution in [0.25, 0.3) is 0 Å². The zero-order valence-corrected chi connectivity index (χ0v) is 12.9. The van der Waals surface area contributed by atoms with Gasteiger partial charge < -0.3 is 15.5 Å². The van der Waals surface area contributed by atoms with Crippen LogP contribution in [0.1, 0.15) is 24.2 Å². The Labute approximate surface area is 127 Å². The summed E-state index contributed by atoms with van der Waals surface area (Å²) in [4.78, 5) is 18.3. The van der Waals surface area contributed by atoms with Crippen molar-refractivity contribution in [2.75, 3.05) is 7.11 Å². The molecule has 1 heterocycles. The predicted octanol–water partition coefficient (Wildman–Crippen LogP) is 2.35. The van der Waals surface area contributed by atoms with Crippen molar-refractivity contribution in [2.45, 2.75) is 29.8 Å². The highest BCUT2D eigenvalue weighted by Gasteiger charge is 2.21. The summed E-state index contributed by atoms with van der Waals surface area (Å²) in [5.41, 5.74) is 7.14. The molecule has 0 aliphatic rings. The van der Waals surface area contributed by atoms with Gasteiger partial charge in [-0.25, -0.2) is 4.98 Å². The molecule has 112 valence electrons. The van der Waals surface area contributed by atoms with Gasteiger partial charge in [-0.15, -0.1) is 0 Å². The van der Waals surface area contributed by atoms with Gasteiger partial charge in [-0.1, -0.05) is 30.8 Å². The monoisotopic (exact) mass is 305 g/mol. The standard InChI is InChI=1S/C15H19N3O2S/c1-3-12(16)14(10-5-4-6-11(9-10)20-2)21-15-17-8-7-13(19)18-15/h4-9,12,14H,3,16H2,1-2H3,(H,17,18,19). The third-order valence-corrected chi connectivity index (χ3v) is 4.48. The number of aromatic nitrogens is 2. The molecule has 0 spiro atoms.